The molecular formula is C16H15FN4. The first-order valence-corrected chi connectivity index (χ1v) is 7.11. The van der Waals surface area contributed by atoms with Crippen molar-refractivity contribution in [2.75, 3.05) is 11.9 Å². The van der Waals surface area contributed by atoms with Crippen LogP contribution in [0.2, 0.25) is 0 Å². The molecule has 0 unspecified atom stereocenters. The molecule has 4 nitrogen and oxygen atoms in total. The van der Waals surface area contributed by atoms with Gasteiger partial charge in [-0.15, -0.1) is 0 Å². The summed E-state index contributed by atoms with van der Waals surface area (Å²) >= 11 is 0. The van der Waals surface area contributed by atoms with Gasteiger partial charge in [0.1, 0.15) is 11.5 Å². The van der Waals surface area contributed by atoms with Crippen LogP contribution in [0.15, 0.2) is 24.3 Å². The van der Waals surface area contributed by atoms with Gasteiger partial charge in [-0.3, -0.25) is 5.10 Å². The van der Waals surface area contributed by atoms with Crippen LogP contribution in [0.25, 0.3) is 22.3 Å². The summed E-state index contributed by atoms with van der Waals surface area (Å²) in [5, 5.41) is 11.4. The summed E-state index contributed by atoms with van der Waals surface area (Å²) < 4.78 is 13.8. The van der Waals surface area contributed by atoms with Crippen molar-refractivity contribution < 1.29 is 4.39 Å². The molecule has 1 aliphatic heterocycles. The number of halogens is 1. The fourth-order valence-corrected chi connectivity index (χ4v) is 2.81. The molecule has 5 heteroatoms. The predicted molar refractivity (Wildman–Crippen MR) is 80.8 cm³/mol. The van der Waals surface area contributed by atoms with Crippen molar-refractivity contribution in [1.29, 1.82) is 0 Å². The van der Waals surface area contributed by atoms with Crippen molar-refractivity contribution in [3.63, 3.8) is 0 Å². The van der Waals surface area contributed by atoms with Gasteiger partial charge in [0.2, 0.25) is 0 Å². The summed E-state index contributed by atoms with van der Waals surface area (Å²) in [6, 6.07) is 7.27. The van der Waals surface area contributed by atoms with Crippen LogP contribution in [0.5, 0.6) is 0 Å². The lowest BCUT2D eigenvalue weighted by atomic mass is 10.1. The largest absolute Gasteiger partial charge is 0.384 e. The number of rotatable bonds is 1. The number of hydrogen-bond donors (Lipinski definition) is 2. The summed E-state index contributed by atoms with van der Waals surface area (Å²) in [5.74, 6) is -0.218. The van der Waals surface area contributed by atoms with Crippen LogP contribution in [0.1, 0.15) is 17.7 Å². The monoisotopic (exact) mass is 282 g/mol. The summed E-state index contributed by atoms with van der Waals surface area (Å²) in [6.45, 7) is 2.74. The van der Waals surface area contributed by atoms with Gasteiger partial charge < -0.3 is 5.32 Å². The highest BCUT2D eigenvalue weighted by atomic mass is 19.1. The van der Waals surface area contributed by atoms with E-state index in [9.17, 15) is 4.39 Å². The van der Waals surface area contributed by atoms with E-state index < -0.39 is 0 Å². The molecular weight excluding hydrogens is 267 g/mol. The van der Waals surface area contributed by atoms with Crippen molar-refractivity contribution in [1.82, 2.24) is 15.2 Å². The quantitative estimate of drug-likeness (QED) is 0.719. The van der Waals surface area contributed by atoms with E-state index in [1.165, 1.54) is 6.07 Å². The first kappa shape index (κ1) is 12.3. The molecule has 0 radical (unpaired) electrons. The van der Waals surface area contributed by atoms with Crippen molar-refractivity contribution in [2.24, 2.45) is 0 Å². The predicted octanol–water partition coefficient (Wildman–Crippen LogP) is 3.43. The zero-order valence-electron chi connectivity index (χ0n) is 11.7. The average molecular weight is 282 g/mol. The molecule has 21 heavy (non-hydrogen) atoms. The Morgan fingerprint density at radius 2 is 2.14 bits per heavy atom. The number of nitrogens with zero attached hydrogens (tertiary/aromatic N) is 2. The maximum absolute atomic E-state index is 13.8. The number of anilines is 1. The van der Waals surface area contributed by atoms with E-state index in [0.29, 0.717) is 11.3 Å². The first-order chi connectivity index (χ1) is 10.2. The molecule has 0 aliphatic carbocycles. The summed E-state index contributed by atoms with van der Waals surface area (Å²) in [6.07, 6.45) is 2.05. The van der Waals surface area contributed by atoms with Crippen molar-refractivity contribution in [3.05, 3.63) is 41.3 Å². The maximum atomic E-state index is 13.8. The zero-order chi connectivity index (χ0) is 14.4. The highest BCUT2D eigenvalue weighted by Crippen LogP contribution is 2.29. The number of nitrogens with one attached hydrogen (secondary N) is 2. The van der Waals surface area contributed by atoms with Crippen molar-refractivity contribution >= 4 is 16.6 Å². The van der Waals surface area contributed by atoms with Gasteiger partial charge in [0, 0.05) is 11.9 Å². The van der Waals surface area contributed by atoms with Crippen LogP contribution in [0, 0.1) is 12.7 Å². The molecule has 2 N–H and O–H groups in total. The van der Waals surface area contributed by atoms with Gasteiger partial charge in [0.25, 0.3) is 0 Å². The molecule has 1 aliphatic rings. The van der Waals surface area contributed by atoms with Gasteiger partial charge >= 0.3 is 0 Å². The van der Waals surface area contributed by atoms with E-state index in [1.54, 1.807) is 13.0 Å². The van der Waals surface area contributed by atoms with E-state index >= 15 is 0 Å². The van der Waals surface area contributed by atoms with E-state index in [2.05, 4.69) is 15.5 Å². The molecule has 4 rings (SSSR count). The summed E-state index contributed by atoms with van der Waals surface area (Å²) in [7, 11) is 0. The standard InChI is InChI=1S/C16H15FN4/c1-9-7-15-10(8-11(9)17)16(21-20-15)14-5-4-12-13(19-14)3-2-6-18-12/h4-5,7-8,18H,2-3,6H2,1H3,(H,20,21). The van der Waals surface area contributed by atoms with Crippen LogP contribution in [-0.4, -0.2) is 21.7 Å². The molecule has 0 saturated heterocycles. The minimum Gasteiger partial charge on any atom is -0.384 e. The molecule has 3 aromatic rings. The molecule has 0 fully saturated rings. The molecule has 0 spiro atoms. The summed E-state index contributed by atoms with van der Waals surface area (Å²) in [4.78, 5) is 4.69. The summed E-state index contributed by atoms with van der Waals surface area (Å²) in [5.41, 5.74) is 5.08. The van der Waals surface area contributed by atoms with Crippen molar-refractivity contribution in [2.45, 2.75) is 19.8 Å². The number of aromatic nitrogens is 3. The molecule has 3 heterocycles. The number of fused-ring (bicyclic) bond motifs is 2. The average Bonchev–Trinajstić information content (AvgIpc) is 2.90. The lowest BCUT2D eigenvalue weighted by Crippen LogP contribution is -2.13. The molecule has 0 atom stereocenters. The van der Waals surface area contributed by atoms with Gasteiger partial charge in [-0.2, -0.15) is 5.10 Å². The van der Waals surface area contributed by atoms with Crippen LogP contribution in [0.3, 0.4) is 0 Å². The lowest BCUT2D eigenvalue weighted by molar-refractivity contribution is 0.620. The van der Waals surface area contributed by atoms with E-state index in [4.69, 9.17) is 4.98 Å². The fraction of sp³-hybridized carbons (Fsp3) is 0.250. The Bertz CT molecular complexity index is 838. The molecule has 0 amide bonds. The van der Waals surface area contributed by atoms with Gasteiger partial charge in [-0.05, 0) is 49.6 Å². The number of aryl methyl sites for hydroxylation is 2. The van der Waals surface area contributed by atoms with Crippen LogP contribution < -0.4 is 5.32 Å². The minimum atomic E-state index is -0.218. The van der Waals surface area contributed by atoms with Crippen LogP contribution in [-0.2, 0) is 6.42 Å². The number of H-pyrrole nitrogens is 1. The second kappa shape index (κ2) is 4.55. The third-order valence-electron chi connectivity index (χ3n) is 3.96. The Kier molecular flexibility index (Phi) is 2.67. The number of aromatic amines is 1. The van der Waals surface area contributed by atoms with Crippen LogP contribution >= 0.6 is 0 Å². The number of hydrogen-bond acceptors (Lipinski definition) is 3. The smallest absolute Gasteiger partial charge is 0.126 e. The third-order valence-corrected chi connectivity index (χ3v) is 3.96. The second-order valence-corrected chi connectivity index (χ2v) is 5.44. The molecule has 2 aromatic heterocycles. The maximum Gasteiger partial charge on any atom is 0.126 e. The van der Waals surface area contributed by atoms with Gasteiger partial charge in [0.15, 0.2) is 0 Å². The highest BCUT2D eigenvalue weighted by Gasteiger charge is 2.15. The van der Waals surface area contributed by atoms with Crippen molar-refractivity contribution in [3.8, 4) is 11.4 Å². The third kappa shape index (κ3) is 1.96. The van der Waals surface area contributed by atoms with E-state index in [1.807, 2.05) is 12.1 Å². The fourth-order valence-electron chi connectivity index (χ4n) is 2.81. The van der Waals surface area contributed by atoms with E-state index in [-0.39, 0.29) is 5.82 Å². The Hall–Kier alpha value is -2.43. The Morgan fingerprint density at radius 1 is 1.24 bits per heavy atom. The molecule has 106 valence electrons. The molecule has 1 aromatic carbocycles. The normalized spacial score (nSPS) is 14.0. The topological polar surface area (TPSA) is 53.6 Å². The Balaban J connectivity index is 1.88. The number of pyridine rings is 1. The Morgan fingerprint density at radius 3 is 3.05 bits per heavy atom. The van der Waals surface area contributed by atoms with Gasteiger partial charge in [0.05, 0.1) is 22.6 Å². The molecule has 0 saturated carbocycles. The second-order valence-electron chi connectivity index (χ2n) is 5.44. The van der Waals surface area contributed by atoms with Crippen LogP contribution in [0.4, 0.5) is 10.1 Å². The van der Waals surface area contributed by atoms with Gasteiger partial charge in [-0.25, -0.2) is 9.37 Å². The lowest BCUT2D eigenvalue weighted by Gasteiger charge is -2.17. The van der Waals surface area contributed by atoms with Gasteiger partial charge in [-0.1, -0.05) is 0 Å². The Labute approximate surface area is 121 Å². The van der Waals surface area contributed by atoms with E-state index in [0.717, 1.165) is 47.4 Å². The highest BCUT2D eigenvalue weighted by molar-refractivity contribution is 5.92. The minimum absolute atomic E-state index is 0.218. The zero-order valence-corrected chi connectivity index (χ0v) is 11.7. The first-order valence-electron chi connectivity index (χ1n) is 7.11. The molecule has 0 bridgehead atoms. The SMILES string of the molecule is Cc1cc2[nH]nc(-c3ccc4c(n3)CCCN4)c2cc1F. The number of benzene rings is 1.